The lowest BCUT2D eigenvalue weighted by atomic mass is 10.1. The molecule has 4 N–H and O–H groups in total. The zero-order valence-electron chi connectivity index (χ0n) is 15.0. The maximum absolute atomic E-state index is 6.24. The van der Waals surface area contributed by atoms with Crippen LogP contribution in [0.15, 0.2) is 36.5 Å². The number of aromatic amines is 1. The first kappa shape index (κ1) is 19.1. The summed E-state index contributed by atoms with van der Waals surface area (Å²) in [6.07, 6.45) is 2.45. The quantitative estimate of drug-likeness (QED) is 0.411. The summed E-state index contributed by atoms with van der Waals surface area (Å²) in [7, 11) is 0. The second-order valence-corrected chi connectivity index (χ2v) is 8.44. The number of nitrogens with zero attached hydrogens (tertiary/aromatic N) is 3. The lowest BCUT2D eigenvalue weighted by Crippen LogP contribution is -2.31. The zero-order chi connectivity index (χ0) is 19.7. The first-order chi connectivity index (χ1) is 13.5. The van der Waals surface area contributed by atoms with Gasteiger partial charge in [-0.2, -0.15) is 5.10 Å². The van der Waals surface area contributed by atoms with Gasteiger partial charge in [-0.3, -0.25) is 5.10 Å². The second-order valence-electron chi connectivity index (χ2n) is 6.62. The zero-order valence-corrected chi connectivity index (χ0v) is 17.4. The van der Waals surface area contributed by atoms with Gasteiger partial charge in [0.15, 0.2) is 0 Å². The number of anilines is 1. The van der Waals surface area contributed by atoms with Gasteiger partial charge in [-0.25, -0.2) is 0 Å². The molecule has 0 aliphatic carbocycles. The minimum Gasteiger partial charge on any atom is -0.359 e. The van der Waals surface area contributed by atoms with Crippen LogP contribution in [0.1, 0.15) is 11.1 Å². The van der Waals surface area contributed by atoms with E-state index in [-0.39, 0.29) is 6.04 Å². The van der Waals surface area contributed by atoms with Gasteiger partial charge in [-0.1, -0.05) is 40.6 Å². The third-order valence-corrected chi connectivity index (χ3v) is 5.95. The number of nitrogens with two attached hydrogens (primary N) is 1. The van der Waals surface area contributed by atoms with E-state index in [1.165, 1.54) is 11.3 Å². The van der Waals surface area contributed by atoms with Crippen LogP contribution in [0.2, 0.25) is 10.0 Å². The highest BCUT2D eigenvalue weighted by Crippen LogP contribution is 2.31. The standard InChI is InChI=1S/C19H18Cl2N6S/c1-10-4-17-12(8-24-25-17)6-15(10)18-26-27-19(28-18)23-9-14(22)5-11-2-3-13(20)7-16(11)21/h2-4,6-8,14H,5,9,22H2,1H3,(H,23,27)(H,24,25)/t14-/m1/s1. The van der Waals surface area contributed by atoms with Crippen LogP contribution in [0, 0.1) is 6.92 Å². The van der Waals surface area contributed by atoms with Crippen molar-refractivity contribution in [3.05, 3.63) is 57.7 Å². The van der Waals surface area contributed by atoms with Crippen LogP contribution in [-0.2, 0) is 6.42 Å². The average Bonchev–Trinajstić information content (AvgIpc) is 3.30. The molecule has 4 rings (SSSR count). The largest absolute Gasteiger partial charge is 0.359 e. The third-order valence-electron chi connectivity index (χ3n) is 4.45. The molecule has 144 valence electrons. The molecule has 0 bridgehead atoms. The summed E-state index contributed by atoms with van der Waals surface area (Å²) in [6, 6.07) is 9.48. The Labute approximate surface area is 176 Å². The van der Waals surface area contributed by atoms with E-state index in [9.17, 15) is 0 Å². The molecule has 0 saturated heterocycles. The predicted octanol–water partition coefficient (Wildman–Crippen LogP) is 4.68. The SMILES string of the molecule is Cc1cc2[nH]ncc2cc1-c1nnc(NC[C@H](N)Cc2ccc(Cl)cc2Cl)s1. The van der Waals surface area contributed by atoms with Gasteiger partial charge >= 0.3 is 0 Å². The summed E-state index contributed by atoms with van der Waals surface area (Å²) in [5.41, 5.74) is 10.4. The number of H-pyrrole nitrogens is 1. The van der Waals surface area contributed by atoms with Crippen molar-refractivity contribution in [3.8, 4) is 10.6 Å². The van der Waals surface area contributed by atoms with E-state index < -0.39 is 0 Å². The fourth-order valence-electron chi connectivity index (χ4n) is 2.99. The number of rotatable bonds is 6. The number of hydrogen-bond acceptors (Lipinski definition) is 6. The number of aryl methyl sites for hydroxylation is 1. The van der Waals surface area contributed by atoms with Crippen molar-refractivity contribution in [1.29, 1.82) is 0 Å². The number of benzene rings is 2. The molecule has 6 nitrogen and oxygen atoms in total. The van der Waals surface area contributed by atoms with E-state index in [1.54, 1.807) is 12.3 Å². The molecule has 0 fully saturated rings. The van der Waals surface area contributed by atoms with Gasteiger partial charge < -0.3 is 11.1 Å². The molecule has 0 spiro atoms. The fourth-order valence-corrected chi connectivity index (χ4v) is 4.31. The van der Waals surface area contributed by atoms with Crippen molar-refractivity contribution in [2.24, 2.45) is 5.73 Å². The molecule has 0 saturated carbocycles. The Morgan fingerprint density at radius 2 is 2.07 bits per heavy atom. The number of aromatic nitrogens is 4. The lowest BCUT2D eigenvalue weighted by molar-refractivity contribution is 0.698. The molecule has 0 amide bonds. The highest BCUT2D eigenvalue weighted by atomic mass is 35.5. The molecule has 2 aromatic carbocycles. The van der Waals surface area contributed by atoms with E-state index in [4.69, 9.17) is 28.9 Å². The molecule has 0 aliphatic heterocycles. The lowest BCUT2D eigenvalue weighted by Gasteiger charge is -2.13. The average molecular weight is 433 g/mol. The maximum atomic E-state index is 6.24. The van der Waals surface area contributed by atoms with Crippen LogP contribution in [0.25, 0.3) is 21.5 Å². The Hall–Kier alpha value is -2.19. The highest BCUT2D eigenvalue weighted by molar-refractivity contribution is 7.18. The van der Waals surface area contributed by atoms with Crippen LogP contribution in [0.4, 0.5) is 5.13 Å². The van der Waals surface area contributed by atoms with Gasteiger partial charge in [0.2, 0.25) is 5.13 Å². The summed E-state index contributed by atoms with van der Waals surface area (Å²) >= 11 is 13.7. The van der Waals surface area contributed by atoms with E-state index in [1.807, 2.05) is 12.1 Å². The van der Waals surface area contributed by atoms with Crippen molar-refractivity contribution < 1.29 is 0 Å². The number of hydrogen-bond donors (Lipinski definition) is 3. The Morgan fingerprint density at radius 3 is 2.89 bits per heavy atom. The molecular weight excluding hydrogens is 415 g/mol. The van der Waals surface area contributed by atoms with Crippen molar-refractivity contribution in [3.63, 3.8) is 0 Å². The van der Waals surface area contributed by atoms with Crippen LogP contribution >= 0.6 is 34.5 Å². The van der Waals surface area contributed by atoms with Crippen molar-refractivity contribution >= 4 is 50.6 Å². The Morgan fingerprint density at radius 1 is 1.21 bits per heavy atom. The van der Waals surface area contributed by atoms with Gasteiger partial charge in [0.1, 0.15) is 5.01 Å². The molecule has 0 radical (unpaired) electrons. The van der Waals surface area contributed by atoms with Crippen molar-refractivity contribution in [2.45, 2.75) is 19.4 Å². The molecular formula is C19H18Cl2N6S. The van der Waals surface area contributed by atoms with Crippen molar-refractivity contribution in [2.75, 3.05) is 11.9 Å². The summed E-state index contributed by atoms with van der Waals surface area (Å²) in [5, 5.41) is 22.8. The van der Waals surface area contributed by atoms with Gasteiger partial charge in [0, 0.05) is 33.6 Å². The summed E-state index contributed by atoms with van der Waals surface area (Å²) in [6.45, 7) is 2.61. The number of fused-ring (bicyclic) bond motifs is 1. The number of nitrogens with one attached hydrogen (secondary N) is 2. The third kappa shape index (κ3) is 4.12. The van der Waals surface area contributed by atoms with E-state index in [0.717, 1.165) is 37.7 Å². The normalized spacial score (nSPS) is 12.4. The van der Waals surface area contributed by atoms with Crippen LogP contribution in [0.5, 0.6) is 0 Å². The molecule has 2 aromatic heterocycles. The molecule has 2 heterocycles. The summed E-state index contributed by atoms with van der Waals surface area (Å²) in [4.78, 5) is 0. The molecule has 4 aromatic rings. The van der Waals surface area contributed by atoms with E-state index in [0.29, 0.717) is 23.0 Å². The smallest absolute Gasteiger partial charge is 0.206 e. The van der Waals surface area contributed by atoms with E-state index in [2.05, 4.69) is 44.8 Å². The minimum absolute atomic E-state index is 0.116. The van der Waals surface area contributed by atoms with Crippen LogP contribution < -0.4 is 11.1 Å². The second kappa shape index (κ2) is 8.05. The van der Waals surface area contributed by atoms with Crippen LogP contribution in [-0.4, -0.2) is 33.0 Å². The minimum atomic E-state index is -0.116. The van der Waals surface area contributed by atoms with Gasteiger partial charge in [0.25, 0.3) is 0 Å². The van der Waals surface area contributed by atoms with Gasteiger partial charge in [-0.15, -0.1) is 10.2 Å². The highest BCUT2D eigenvalue weighted by Gasteiger charge is 2.13. The Bertz CT molecular complexity index is 1120. The van der Waals surface area contributed by atoms with Crippen molar-refractivity contribution in [1.82, 2.24) is 20.4 Å². The molecule has 0 unspecified atom stereocenters. The van der Waals surface area contributed by atoms with E-state index >= 15 is 0 Å². The molecule has 9 heteroatoms. The summed E-state index contributed by atoms with van der Waals surface area (Å²) in [5.74, 6) is 0. The Balaban J connectivity index is 1.42. The number of halogens is 2. The van der Waals surface area contributed by atoms with Crippen LogP contribution in [0.3, 0.4) is 0 Å². The monoisotopic (exact) mass is 432 g/mol. The predicted molar refractivity (Wildman–Crippen MR) is 116 cm³/mol. The fraction of sp³-hybridized carbons (Fsp3) is 0.211. The first-order valence-electron chi connectivity index (χ1n) is 8.70. The summed E-state index contributed by atoms with van der Waals surface area (Å²) < 4.78 is 0. The Kier molecular flexibility index (Phi) is 5.50. The van der Waals surface area contributed by atoms with Gasteiger partial charge in [-0.05, 0) is 48.7 Å². The van der Waals surface area contributed by atoms with Gasteiger partial charge in [0.05, 0.1) is 11.7 Å². The maximum Gasteiger partial charge on any atom is 0.206 e. The molecule has 1 atom stereocenters. The molecule has 28 heavy (non-hydrogen) atoms. The molecule has 0 aliphatic rings. The first-order valence-corrected chi connectivity index (χ1v) is 10.3. The topological polar surface area (TPSA) is 92.5 Å².